The van der Waals surface area contributed by atoms with Gasteiger partial charge in [0.1, 0.15) is 5.82 Å². The van der Waals surface area contributed by atoms with Crippen LogP contribution in [0.25, 0.3) is 5.69 Å². The average molecular weight is 417 g/mol. The fourth-order valence-electron chi connectivity index (χ4n) is 3.22. The number of carbonyl (C=O) groups is 1. The number of carbonyl (C=O) groups excluding carboxylic acids is 1. The van der Waals surface area contributed by atoms with Gasteiger partial charge in [-0.1, -0.05) is 35.2 Å². The van der Waals surface area contributed by atoms with Crippen molar-refractivity contribution in [3.8, 4) is 5.69 Å². The van der Waals surface area contributed by atoms with E-state index in [0.717, 1.165) is 22.7 Å². The van der Waals surface area contributed by atoms with E-state index < -0.39 is 0 Å². The van der Waals surface area contributed by atoms with Crippen LogP contribution in [-0.4, -0.2) is 20.8 Å². The number of aromatic nitrogens is 2. The molecule has 0 fully saturated rings. The summed E-state index contributed by atoms with van der Waals surface area (Å²) in [6, 6.07) is 12.1. The summed E-state index contributed by atoms with van der Waals surface area (Å²) in [5.74, 6) is -0.201. The molecule has 0 radical (unpaired) electrons. The van der Waals surface area contributed by atoms with Crippen LogP contribution in [0, 0.1) is 9.77 Å². The first kappa shape index (κ1) is 18.5. The molecule has 1 aliphatic rings. The van der Waals surface area contributed by atoms with Crippen LogP contribution in [0.4, 0.5) is 4.39 Å². The maximum Gasteiger partial charge on any atom is 0.184 e. The van der Waals surface area contributed by atoms with Gasteiger partial charge in [-0.05, 0) is 79.9 Å². The quantitative estimate of drug-likeness (QED) is 0.306. The number of Topliss-reactive ketones (excluding diaryl/α,β-unsaturated/α-hetero) is 1. The van der Waals surface area contributed by atoms with Crippen molar-refractivity contribution in [1.82, 2.24) is 9.78 Å². The van der Waals surface area contributed by atoms with Crippen LogP contribution >= 0.6 is 35.3 Å². The summed E-state index contributed by atoms with van der Waals surface area (Å²) in [6.07, 6.45) is 3.33. The zero-order chi connectivity index (χ0) is 19.0. The zero-order valence-electron chi connectivity index (χ0n) is 14.6. The molecular formula is C20H17FN2OS3. The van der Waals surface area contributed by atoms with E-state index in [2.05, 4.69) is 11.2 Å². The number of fused-ring (bicyclic) bond motifs is 1. The van der Waals surface area contributed by atoms with Crippen LogP contribution in [0.15, 0.2) is 46.8 Å². The van der Waals surface area contributed by atoms with Gasteiger partial charge in [0, 0.05) is 5.56 Å². The predicted molar refractivity (Wildman–Crippen MR) is 110 cm³/mol. The molecule has 1 atom stereocenters. The summed E-state index contributed by atoms with van der Waals surface area (Å²) in [4.78, 5) is 12.8. The van der Waals surface area contributed by atoms with Gasteiger partial charge in [-0.3, -0.25) is 4.79 Å². The average Bonchev–Trinajstić information content (AvgIpc) is 3.27. The molecule has 1 aliphatic carbocycles. The first-order chi connectivity index (χ1) is 13.0. The van der Waals surface area contributed by atoms with Crippen LogP contribution in [-0.2, 0) is 12.8 Å². The second-order valence-electron chi connectivity index (χ2n) is 6.48. The van der Waals surface area contributed by atoms with Gasteiger partial charge in [0.25, 0.3) is 0 Å². The van der Waals surface area contributed by atoms with Crippen molar-refractivity contribution in [2.45, 2.75) is 35.8 Å². The summed E-state index contributed by atoms with van der Waals surface area (Å²) >= 11 is 8.15. The van der Waals surface area contributed by atoms with Crippen LogP contribution in [0.5, 0.6) is 0 Å². The lowest BCUT2D eigenvalue weighted by Gasteiger charge is -2.09. The van der Waals surface area contributed by atoms with E-state index in [4.69, 9.17) is 12.2 Å². The number of nitrogens with zero attached hydrogens (tertiary/aromatic N) is 2. The van der Waals surface area contributed by atoms with Gasteiger partial charge < -0.3 is 0 Å². The molecule has 0 bridgehead atoms. The monoisotopic (exact) mass is 416 g/mol. The zero-order valence-corrected chi connectivity index (χ0v) is 17.1. The molecule has 1 aromatic heterocycles. The Bertz CT molecular complexity index is 1060. The fraction of sp³-hybridized carbons (Fsp3) is 0.250. The number of halogens is 1. The Kier molecular flexibility index (Phi) is 5.25. The van der Waals surface area contributed by atoms with Crippen molar-refractivity contribution < 1.29 is 9.18 Å². The molecule has 0 amide bonds. The van der Waals surface area contributed by atoms with Crippen LogP contribution in [0.2, 0.25) is 0 Å². The van der Waals surface area contributed by atoms with Gasteiger partial charge >= 0.3 is 0 Å². The number of hydrogen-bond donors (Lipinski definition) is 0. The largest absolute Gasteiger partial charge is 0.293 e. The molecule has 2 aromatic carbocycles. The van der Waals surface area contributed by atoms with Crippen LogP contribution in [0.3, 0.4) is 0 Å². The molecule has 27 heavy (non-hydrogen) atoms. The minimum absolute atomic E-state index is 0.101. The van der Waals surface area contributed by atoms with Crippen molar-refractivity contribution in [3.63, 3.8) is 0 Å². The SMILES string of the molecule is CC(Sc1nn(-c2ccc(F)cc2)c(=S)s1)C(=O)c1ccc2c(c1)CCC2. The van der Waals surface area contributed by atoms with Crippen molar-refractivity contribution in [2.24, 2.45) is 0 Å². The Morgan fingerprint density at radius 3 is 2.74 bits per heavy atom. The summed E-state index contributed by atoms with van der Waals surface area (Å²) in [5.41, 5.74) is 4.14. The summed E-state index contributed by atoms with van der Waals surface area (Å²) in [7, 11) is 0. The molecule has 1 heterocycles. The third-order valence-corrected chi connectivity index (χ3v) is 7.05. The van der Waals surface area contributed by atoms with Gasteiger partial charge in [-0.25, -0.2) is 9.07 Å². The van der Waals surface area contributed by atoms with Gasteiger partial charge in [-0.15, -0.1) is 5.10 Å². The lowest BCUT2D eigenvalue weighted by Crippen LogP contribution is -2.13. The van der Waals surface area contributed by atoms with E-state index in [1.54, 1.807) is 16.8 Å². The minimum atomic E-state index is -0.302. The maximum atomic E-state index is 13.1. The standard InChI is InChI=1S/C20H17FN2OS3/c1-12(18(24)15-6-5-13-3-2-4-14(13)11-15)26-19-22-23(20(25)27-19)17-9-7-16(21)8-10-17/h5-12H,2-4H2,1H3. The molecule has 0 N–H and O–H groups in total. The molecule has 4 rings (SSSR count). The number of aryl methyl sites for hydroxylation is 2. The summed E-state index contributed by atoms with van der Waals surface area (Å²) in [6.45, 7) is 1.90. The Labute approximate surface area is 170 Å². The topological polar surface area (TPSA) is 34.9 Å². The Morgan fingerprint density at radius 2 is 1.96 bits per heavy atom. The third kappa shape index (κ3) is 3.90. The molecular weight excluding hydrogens is 399 g/mol. The van der Waals surface area contributed by atoms with E-state index in [1.807, 2.05) is 19.1 Å². The van der Waals surface area contributed by atoms with Crippen molar-refractivity contribution in [3.05, 3.63) is 68.9 Å². The minimum Gasteiger partial charge on any atom is -0.293 e. The molecule has 0 saturated heterocycles. The number of ketones is 1. The van der Waals surface area contributed by atoms with Crippen molar-refractivity contribution in [1.29, 1.82) is 0 Å². The van der Waals surface area contributed by atoms with Gasteiger partial charge in [0.2, 0.25) is 0 Å². The van der Waals surface area contributed by atoms with E-state index in [-0.39, 0.29) is 16.9 Å². The summed E-state index contributed by atoms with van der Waals surface area (Å²) < 4.78 is 16.0. The highest BCUT2D eigenvalue weighted by Gasteiger charge is 2.21. The maximum absolute atomic E-state index is 13.1. The lowest BCUT2D eigenvalue weighted by molar-refractivity contribution is 0.0994. The normalized spacial score (nSPS) is 14.1. The van der Waals surface area contributed by atoms with E-state index in [0.29, 0.717) is 9.64 Å². The number of benzene rings is 2. The first-order valence-electron chi connectivity index (χ1n) is 8.70. The molecule has 3 aromatic rings. The number of thioether (sulfide) groups is 1. The third-order valence-electron chi connectivity index (χ3n) is 4.63. The molecule has 1 unspecified atom stereocenters. The van der Waals surface area contributed by atoms with Crippen molar-refractivity contribution in [2.75, 3.05) is 0 Å². The van der Waals surface area contributed by atoms with E-state index >= 15 is 0 Å². The molecule has 0 saturated carbocycles. The molecule has 7 heteroatoms. The predicted octanol–water partition coefficient (Wildman–Crippen LogP) is 5.65. The summed E-state index contributed by atoms with van der Waals surface area (Å²) in [5, 5.41) is 4.25. The lowest BCUT2D eigenvalue weighted by atomic mass is 10.0. The van der Waals surface area contributed by atoms with Crippen LogP contribution in [0.1, 0.15) is 34.8 Å². The fourth-order valence-corrected chi connectivity index (χ4v) is 5.80. The van der Waals surface area contributed by atoms with Crippen molar-refractivity contribution >= 4 is 41.1 Å². The Morgan fingerprint density at radius 1 is 1.22 bits per heavy atom. The van der Waals surface area contributed by atoms with E-state index in [1.165, 1.54) is 52.8 Å². The highest BCUT2D eigenvalue weighted by molar-refractivity contribution is 8.02. The highest BCUT2D eigenvalue weighted by Crippen LogP contribution is 2.30. The molecule has 138 valence electrons. The van der Waals surface area contributed by atoms with Gasteiger partial charge in [0.05, 0.1) is 10.9 Å². The second-order valence-corrected chi connectivity index (χ2v) is 9.69. The molecule has 0 spiro atoms. The second kappa shape index (κ2) is 7.66. The number of rotatable bonds is 5. The highest BCUT2D eigenvalue weighted by atomic mass is 32.2. The van der Waals surface area contributed by atoms with Gasteiger partial charge in [-0.2, -0.15) is 0 Å². The van der Waals surface area contributed by atoms with Gasteiger partial charge in [0.15, 0.2) is 14.1 Å². The molecule has 0 aliphatic heterocycles. The van der Waals surface area contributed by atoms with E-state index in [9.17, 15) is 9.18 Å². The van der Waals surface area contributed by atoms with Crippen LogP contribution < -0.4 is 0 Å². The first-order valence-corrected chi connectivity index (χ1v) is 10.8. The Hall–Kier alpha value is -1.83. The molecule has 3 nitrogen and oxygen atoms in total. The number of hydrogen-bond acceptors (Lipinski definition) is 5. The Balaban J connectivity index is 1.52. The smallest absolute Gasteiger partial charge is 0.184 e.